The van der Waals surface area contributed by atoms with Crippen molar-refractivity contribution in [3.63, 3.8) is 0 Å². The number of piperidine rings is 1. The van der Waals surface area contributed by atoms with E-state index in [2.05, 4.69) is 20.0 Å². The van der Waals surface area contributed by atoms with Crippen molar-refractivity contribution in [2.24, 2.45) is 5.92 Å². The van der Waals surface area contributed by atoms with Crippen molar-refractivity contribution in [2.75, 3.05) is 19.9 Å². The first-order chi connectivity index (χ1) is 14.3. The molecule has 1 fully saturated rings. The predicted molar refractivity (Wildman–Crippen MR) is 102 cm³/mol. The number of carbonyl (C=O) groups is 1. The Balaban J connectivity index is 1.25. The Morgan fingerprint density at radius 2 is 2.14 bits per heavy atom. The van der Waals surface area contributed by atoms with Gasteiger partial charge in [-0.2, -0.15) is 4.98 Å². The van der Waals surface area contributed by atoms with Gasteiger partial charge in [0.2, 0.25) is 18.5 Å². The molecule has 8 heteroatoms. The van der Waals surface area contributed by atoms with Crippen LogP contribution in [0.2, 0.25) is 0 Å². The zero-order valence-electron chi connectivity index (χ0n) is 15.8. The molecule has 2 aliphatic rings. The third kappa shape index (κ3) is 3.71. The molecular formula is C21H20N4O4. The van der Waals surface area contributed by atoms with Gasteiger partial charge in [-0.15, -0.1) is 0 Å². The normalized spacial score (nSPS) is 18.7. The van der Waals surface area contributed by atoms with Gasteiger partial charge in [0.1, 0.15) is 0 Å². The minimum Gasteiger partial charge on any atom is -0.454 e. The highest BCUT2D eigenvalue weighted by molar-refractivity contribution is 5.97. The van der Waals surface area contributed by atoms with Gasteiger partial charge in [-0.05, 0) is 49.7 Å². The highest BCUT2D eigenvalue weighted by Gasteiger charge is 2.28. The zero-order valence-corrected chi connectivity index (χ0v) is 15.8. The Hall–Kier alpha value is -3.26. The lowest BCUT2D eigenvalue weighted by molar-refractivity contribution is 0.0796. The summed E-state index contributed by atoms with van der Waals surface area (Å²) < 4.78 is 16.2. The molecule has 3 aromatic rings. The quantitative estimate of drug-likeness (QED) is 0.612. The molecule has 0 saturated carbocycles. The van der Waals surface area contributed by atoms with E-state index in [9.17, 15) is 4.79 Å². The van der Waals surface area contributed by atoms with Crippen LogP contribution in [0.5, 0.6) is 11.5 Å². The van der Waals surface area contributed by atoms with Gasteiger partial charge in [0.25, 0.3) is 0 Å². The number of rotatable bonds is 5. The fourth-order valence-corrected chi connectivity index (χ4v) is 3.82. The van der Waals surface area contributed by atoms with E-state index in [-0.39, 0.29) is 18.5 Å². The second kappa shape index (κ2) is 7.63. The van der Waals surface area contributed by atoms with Crippen LogP contribution in [0.4, 0.5) is 0 Å². The molecule has 1 atom stereocenters. The highest BCUT2D eigenvalue weighted by Crippen LogP contribution is 2.35. The molecule has 2 aromatic heterocycles. The molecule has 4 heterocycles. The van der Waals surface area contributed by atoms with Crippen molar-refractivity contribution in [3.05, 3.63) is 54.2 Å². The van der Waals surface area contributed by atoms with Crippen LogP contribution >= 0.6 is 0 Å². The van der Waals surface area contributed by atoms with Gasteiger partial charge in [0.15, 0.2) is 17.3 Å². The first-order valence-corrected chi connectivity index (χ1v) is 9.65. The van der Waals surface area contributed by atoms with Gasteiger partial charge in [-0.1, -0.05) is 5.16 Å². The molecule has 1 saturated heterocycles. The summed E-state index contributed by atoms with van der Waals surface area (Å²) in [5, 5.41) is 4.09. The number of likely N-dealkylation sites (tertiary alicyclic amines) is 1. The SMILES string of the molecule is O=C(c1cccnc1)[C@@H]1CCCN(Cc2nc(-c3ccc4c(c3)OCO4)no2)C1. The Morgan fingerprint density at radius 1 is 1.21 bits per heavy atom. The van der Waals surface area contributed by atoms with Crippen molar-refractivity contribution < 1.29 is 18.8 Å². The van der Waals surface area contributed by atoms with Crippen LogP contribution in [0.15, 0.2) is 47.2 Å². The summed E-state index contributed by atoms with van der Waals surface area (Å²) in [4.78, 5) is 23.5. The molecule has 0 unspecified atom stereocenters. The number of nitrogens with zero attached hydrogens (tertiary/aromatic N) is 4. The van der Waals surface area contributed by atoms with E-state index in [0.29, 0.717) is 36.1 Å². The maximum Gasteiger partial charge on any atom is 0.241 e. The van der Waals surface area contributed by atoms with E-state index >= 15 is 0 Å². The average Bonchev–Trinajstić information content (AvgIpc) is 3.43. The van der Waals surface area contributed by atoms with E-state index < -0.39 is 0 Å². The van der Waals surface area contributed by atoms with Crippen LogP contribution in [-0.4, -0.2) is 45.7 Å². The van der Waals surface area contributed by atoms with Crippen LogP contribution in [0.25, 0.3) is 11.4 Å². The predicted octanol–water partition coefficient (Wildman–Crippen LogP) is 2.96. The number of ether oxygens (including phenoxy) is 2. The van der Waals surface area contributed by atoms with Gasteiger partial charge >= 0.3 is 0 Å². The molecule has 5 rings (SSSR count). The van der Waals surface area contributed by atoms with E-state index in [1.54, 1.807) is 18.5 Å². The number of carbonyl (C=O) groups excluding carboxylic acids is 1. The van der Waals surface area contributed by atoms with E-state index in [0.717, 1.165) is 30.7 Å². The van der Waals surface area contributed by atoms with Crippen molar-refractivity contribution in [1.82, 2.24) is 20.0 Å². The van der Waals surface area contributed by atoms with Crippen molar-refractivity contribution in [3.8, 4) is 22.9 Å². The topological polar surface area (TPSA) is 90.6 Å². The highest BCUT2D eigenvalue weighted by atomic mass is 16.7. The van der Waals surface area contributed by atoms with Crippen LogP contribution in [-0.2, 0) is 6.54 Å². The summed E-state index contributed by atoms with van der Waals surface area (Å²) in [6, 6.07) is 9.19. The minimum absolute atomic E-state index is 0.0378. The van der Waals surface area contributed by atoms with E-state index in [1.807, 2.05) is 24.3 Å². The molecule has 0 N–H and O–H groups in total. The third-order valence-corrected chi connectivity index (χ3v) is 5.28. The number of Topliss-reactive ketones (excluding diaryl/α,β-unsaturated/α-hetero) is 1. The molecule has 0 aliphatic carbocycles. The van der Waals surface area contributed by atoms with Crippen molar-refractivity contribution in [1.29, 1.82) is 0 Å². The largest absolute Gasteiger partial charge is 0.454 e. The maximum absolute atomic E-state index is 12.7. The lowest BCUT2D eigenvalue weighted by Gasteiger charge is -2.30. The smallest absolute Gasteiger partial charge is 0.241 e. The third-order valence-electron chi connectivity index (χ3n) is 5.28. The lowest BCUT2D eigenvalue weighted by atomic mass is 9.90. The summed E-state index contributed by atoms with van der Waals surface area (Å²) in [5.74, 6) is 2.56. The number of benzene rings is 1. The molecule has 29 heavy (non-hydrogen) atoms. The molecular weight excluding hydrogens is 372 g/mol. The summed E-state index contributed by atoms with van der Waals surface area (Å²) in [5.41, 5.74) is 1.48. The number of hydrogen-bond acceptors (Lipinski definition) is 8. The van der Waals surface area contributed by atoms with Gasteiger partial charge in [-0.3, -0.25) is 14.7 Å². The van der Waals surface area contributed by atoms with E-state index in [4.69, 9.17) is 14.0 Å². The Labute approximate surface area is 167 Å². The molecule has 148 valence electrons. The lowest BCUT2D eigenvalue weighted by Crippen LogP contribution is -2.38. The van der Waals surface area contributed by atoms with Gasteiger partial charge in [0.05, 0.1) is 6.54 Å². The Bertz CT molecular complexity index is 1020. The van der Waals surface area contributed by atoms with Crippen LogP contribution in [0.1, 0.15) is 29.1 Å². The number of pyridine rings is 1. The summed E-state index contributed by atoms with van der Waals surface area (Å²) in [6.45, 7) is 2.33. The van der Waals surface area contributed by atoms with Crippen LogP contribution < -0.4 is 9.47 Å². The Morgan fingerprint density at radius 3 is 3.03 bits per heavy atom. The van der Waals surface area contributed by atoms with Crippen molar-refractivity contribution >= 4 is 5.78 Å². The van der Waals surface area contributed by atoms with E-state index in [1.165, 1.54) is 0 Å². The fraction of sp³-hybridized carbons (Fsp3) is 0.333. The maximum atomic E-state index is 12.7. The van der Waals surface area contributed by atoms with Gasteiger partial charge in [-0.25, -0.2) is 0 Å². The van der Waals surface area contributed by atoms with Crippen molar-refractivity contribution in [2.45, 2.75) is 19.4 Å². The molecule has 0 amide bonds. The molecule has 0 spiro atoms. The summed E-state index contributed by atoms with van der Waals surface area (Å²) >= 11 is 0. The Kier molecular flexibility index (Phi) is 4.69. The first-order valence-electron chi connectivity index (χ1n) is 9.65. The first kappa shape index (κ1) is 17.8. The number of hydrogen-bond donors (Lipinski definition) is 0. The molecule has 1 aromatic carbocycles. The van der Waals surface area contributed by atoms with Gasteiger partial charge in [0, 0.05) is 36.0 Å². The molecule has 0 bridgehead atoms. The standard InChI is InChI=1S/C21H20N4O4/c26-20(15-3-1-7-22-10-15)16-4-2-8-25(11-16)12-19-23-21(24-29-19)14-5-6-17-18(9-14)28-13-27-17/h1,3,5-7,9-10,16H,2,4,8,11-13H2/t16-/m1/s1. The average molecular weight is 392 g/mol. The molecule has 8 nitrogen and oxygen atoms in total. The van der Waals surface area contributed by atoms with Crippen LogP contribution in [0, 0.1) is 5.92 Å². The number of fused-ring (bicyclic) bond motifs is 1. The molecule has 0 radical (unpaired) electrons. The summed E-state index contributed by atoms with van der Waals surface area (Å²) in [6.07, 6.45) is 5.16. The second-order valence-electron chi connectivity index (χ2n) is 7.26. The van der Waals surface area contributed by atoms with Gasteiger partial charge < -0.3 is 14.0 Å². The minimum atomic E-state index is -0.0378. The second-order valence-corrected chi connectivity index (χ2v) is 7.26. The monoisotopic (exact) mass is 392 g/mol. The number of aromatic nitrogens is 3. The number of ketones is 1. The zero-order chi connectivity index (χ0) is 19.6. The summed E-state index contributed by atoms with van der Waals surface area (Å²) in [7, 11) is 0. The fourth-order valence-electron chi connectivity index (χ4n) is 3.82. The van der Waals surface area contributed by atoms with Crippen LogP contribution in [0.3, 0.4) is 0 Å². The molecule has 2 aliphatic heterocycles.